The van der Waals surface area contributed by atoms with Crippen LogP contribution in [0.4, 0.5) is 0 Å². The van der Waals surface area contributed by atoms with Crippen LogP contribution in [0.3, 0.4) is 0 Å². The van der Waals surface area contributed by atoms with Crippen molar-refractivity contribution in [2.75, 3.05) is 0 Å². The van der Waals surface area contributed by atoms with Gasteiger partial charge in [0.1, 0.15) is 0 Å². The summed E-state index contributed by atoms with van der Waals surface area (Å²) in [6, 6.07) is 0. The Morgan fingerprint density at radius 2 is 1.89 bits per heavy atom. The first-order valence-corrected chi connectivity index (χ1v) is 3.38. The quantitative estimate of drug-likeness (QED) is 0.502. The van der Waals surface area contributed by atoms with Crippen LogP contribution in [0.2, 0.25) is 0 Å². The number of aliphatic hydroxyl groups is 2. The van der Waals surface area contributed by atoms with Gasteiger partial charge >= 0.3 is 0 Å². The molecule has 0 aromatic carbocycles. The van der Waals surface area contributed by atoms with Gasteiger partial charge in [-0.05, 0) is 18.3 Å². The van der Waals surface area contributed by atoms with E-state index in [9.17, 15) is 5.11 Å². The molecule has 0 heterocycles. The molecular weight excluding hydrogens is 116 g/mol. The molecule has 0 amide bonds. The van der Waals surface area contributed by atoms with Gasteiger partial charge in [-0.3, -0.25) is 0 Å². The van der Waals surface area contributed by atoms with Crippen LogP contribution in [0.15, 0.2) is 0 Å². The van der Waals surface area contributed by atoms with Gasteiger partial charge in [-0.15, -0.1) is 0 Å². The molecule has 2 nitrogen and oxygen atoms in total. The molecule has 1 rings (SSSR count). The minimum absolute atomic E-state index is 0.0700. The number of aliphatic hydroxyl groups excluding tert-OH is 2. The molecule has 1 saturated carbocycles. The summed E-state index contributed by atoms with van der Waals surface area (Å²) in [5.74, 6) is 0. The Balaban J connectivity index is 2.58. The third kappa shape index (κ3) is 1.25. The minimum atomic E-state index is -0.313. The third-order valence-electron chi connectivity index (χ3n) is 2.16. The average molecular weight is 130 g/mol. The van der Waals surface area contributed by atoms with Crippen molar-refractivity contribution in [1.82, 2.24) is 0 Å². The van der Waals surface area contributed by atoms with Crippen molar-refractivity contribution < 1.29 is 10.2 Å². The summed E-state index contributed by atoms with van der Waals surface area (Å²) >= 11 is 0. The topological polar surface area (TPSA) is 40.5 Å². The predicted octanol–water partition coefficient (Wildman–Crippen LogP) is 0.528. The highest BCUT2D eigenvalue weighted by atomic mass is 16.3. The second kappa shape index (κ2) is 1.96. The largest absolute Gasteiger partial charge is 0.393 e. The first kappa shape index (κ1) is 7.03. The molecule has 1 aliphatic carbocycles. The zero-order valence-electron chi connectivity index (χ0n) is 5.96. The smallest absolute Gasteiger partial charge is 0.0616 e. The van der Waals surface area contributed by atoms with E-state index >= 15 is 0 Å². The second-order valence-corrected chi connectivity index (χ2v) is 3.60. The van der Waals surface area contributed by atoms with Crippen LogP contribution in [0.5, 0.6) is 0 Å². The highest BCUT2D eigenvalue weighted by Gasteiger charge is 2.38. The van der Waals surface area contributed by atoms with Crippen molar-refractivity contribution >= 4 is 0 Å². The van der Waals surface area contributed by atoms with Crippen molar-refractivity contribution in [3.8, 4) is 0 Å². The molecule has 2 unspecified atom stereocenters. The lowest BCUT2D eigenvalue weighted by molar-refractivity contribution is 0.0787. The summed E-state index contributed by atoms with van der Waals surface area (Å²) in [5.41, 5.74) is -0.0700. The molecule has 0 aromatic rings. The molecule has 0 spiro atoms. The standard InChI is InChI=1S/C7H14O2/c1-7(2)4-5(8)3-6(7)9/h5-6,8-9H,3-4H2,1-2H3. The van der Waals surface area contributed by atoms with E-state index in [4.69, 9.17) is 5.11 Å². The lowest BCUT2D eigenvalue weighted by atomic mass is 9.89. The summed E-state index contributed by atoms with van der Waals surface area (Å²) in [5, 5.41) is 18.3. The highest BCUT2D eigenvalue weighted by Crippen LogP contribution is 2.37. The van der Waals surface area contributed by atoms with Crippen LogP contribution < -0.4 is 0 Å². The third-order valence-corrected chi connectivity index (χ3v) is 2.16. The predicted molar refractivity (Wildman–Crippen MR) is 35.0 cm³/mol. The lowest BCUT2D eigenvalue weighted by Gasteiger charge is -2.20. The van der Waals surface area contributed by atoms with Crippen LogP contribution in [0, 0.1) is 5.41 Å². The fourth-order valence-electron chi connectivity index (χ4n) is 1.40. The fraction of sp³-hybridized carbons (Fsp3) is 1.00. The zero-order chi connectivity index (χ0) is 7.07. The van der Waals surface area contributed by atoms with Gasteiger partial charge in [0.25, 0.3) is 0 Å². The maximum Gasteiger partial charge on any atom is 0.0616 e. The van der Waals surface area contributed by atoms with Crippen molar-refractivity contribution in [3.63, 3.8) is 0 Å². The lowest BCUT2D eigenvalue weighted by Crippen LogP contribution is -2.21. The maximum absolute atomic E-state index is 9.27. The van der Waals surface area contributed by atoms with Crippen molar-refractivity contribution in [2.24, 2.45) is 5.41 Å². The molecule has 0 bridgehead atoms. The van der Waals surface area contributed by atoms with E-state index < -0.39 is 0 Å². The van der Waals surface area contributed by atoms with Gasteiger partial charge in [-0.25, -0.2) is 0 Å². The van der Waals surface area contributed by atoms with Gasteiger partial charge < -0.3 is 10.2 Å². The Morgan fingerprint density at radius 3 is 2.00 bits per heavy atom. The first-order valence-electron chi connectivity index (χ1n) is 3.38. The molecule has 9 heavy (non-hydrogen) atoms. The zero-order valence-corrected chi connectivity index (χ0v) is 5.96. The molecular formula is C7H14O2. The van der Waals surface area contributed by atoms with Crippen molar-refractivity contribution in [1.29, 1.82) is 0 Å². The van der Waals surface area contributed by atoms with E-state index in [-0.39, 0.29) is 17.6 Å². The number of rotatable bonds is 0. The van der Waals surface area contributed by atoms with Crippen LogP contribution >= 0.6 is 0 Å². The van der Waals surface area contributed by atoms with E-state index in [0.717, 1.165) is 6.42 Å². The molecule has 0 radical (unpaired) electrons. The van der Waals surface area contributed by atoms with E-state index in [0.29, 0.717) is 6.42 Å². The van der Waals surface area contributed by atoms with E-state index in [2.05, 4.69) is 0 Å². The van der Waals surface area contributed by atoms with Crippen LogP contribution in [0.25, 0.3) is 0 Å². The van der Waals surface area contributed by atoms with Gasteiger partial charge in [0.15, 0.2) is 0 Å². The monoisotopic (exact) mass is 130 g/mol. The van der Waals surface area contributed by atoms with E-state index in [1.54, 1.807) is 0 Å². The fourth-order valence-corrected chi connectivity index (χ4v) is 1.40. The Hall–Kier alpha value is -0.0800. The normalized spacial score (nSPS) is 41.3. The summed E-state index contributed by atoms with van der Waals surface area (Å²) in [7, 11) is 0. The summed E-state index contributed by atoms with van der Waals surface area (Å²) < 4.78 is 0. The van der Waals surface area contributed by atoms with E-state index in [1.165, 1.54) is 0 Å². The Morgan fingerprint density at radius 1 is 1.33 bits per heavy atom. The van der Waals surface area contributed by atoms with Gasteiger partial charge in [-0.2, -0.15) is 0 Å². The Labute approximate surface area is 55.5 Å². The van der Waals surface area contributed by atoms with Gasteiger partial charge in [0, 0.05) is 0 Å². The SMILES string of the molecule is CC1(C)CC(O)CC1O. The maximum atomic E-state index is 9.27. The number of hydrogen-bond acceptors (Lipinski definition) is 2. The van der Waals surface area contributed by atoms with Crippen molar-refractivity contribution in [2.45, 2.75) is 38.9 Å². The summed E-state index contributed by atoms with van der Waals surface area (Å²) in [6.07, 6.45) is 0.684. The summed E-state index contributed by atoms with van der Waals surface area (Å²) in [6.45, 7) is 3.96. The number of hydrogen-bond donors (Lipinski definition) is 2. The molecule has 2 N–H and O–H groups in total. The van der Waals surface area contributed by atoms with Crippen LogP contribution in [0.1, 0.15) is 26.7 Å². The molecule has 2 heteroatoms. The Bertz CT molecular complexity index is 109. The average Bonchev–Trinajstić information content (AvgIpc) is 1.79. The van der Waals surface area contributed by atoms with Gasteiger partial charge in [-0.1, -0.05) is 13.8 Å². The highest BCUT2D eigenvalue weighted by molar-refractivity contribution is 4.89. The molecule has 0 saturated heterocycles. The molecule has 54 valence electrons. The van der Waals surface area contributed by atoms with Crippen LogP contribution in [-0.2, 0) is 0 Å². The first-order chi connectivity index (χ1) is 4.02. The molecule has 2 atom stereocenters. The molecule has 1 fully saturated rings. The van der Waals surface area contributed by atoms with E-state index in [1.807, 2.05) is 13.8 Å². The second-order valence-electron chi connectivity index (χ2n) is 3.60. The molecule has 1 aliphatic rings. The Kier molecular flexibility index (Phi) is 1.53. The van der Waals surface area contributed by atoms with Crippen molar-refractivity contribution in [3.05, 3.63) is 0 Å². The van der Waals surface area contributed by atoms with Gasteiger partial charge in [0.05, 0.1) is 12.2 Å². The molecule has 0 aromatic heterocycles. The molecule has 0 aliphatic heterocycles. The summed E-state index contributed by atoms with van der Waals surface area (Å²) in [4.78, 5) is 0. The van der Waals surface area contributed by atoms with Crippen LogP contribution in [-0.4, -0.2) is 22.4 Å². The van der Waals surface area contributed by atoms with Gasteiger partial charge in [0.2, 0.25) is 0 Å². The minimum Gasteiger partial charge on any atom is -0.393 e.